The Labute approximate surface area is 103 Å². The molecule has 1 saturated carbocycles. The summed E-state index contributed by atoms with van der Waals surface area (Å²) < 4.78 is 22.6. The normalized spacial score (nSPS) is 18.0. The molecule has 17 heavy (non-hydrogen) atoms. The van der Waals surface area contributed by atoms with Crippen LogP contribution in [-0.2, 0) is 16.3 Å². The van der Waals surface area contributed by atoms with Crippen LogP contribution in [0.3, 0.4) is 0 Å². The third-order valence-electron chi connectivity index (χ3n) is 2.99. The number of nitrogens with one attached hydrogen (secondary N) is 1. The zero-order chi connectivity index (χ0) is 12.5. The van der Waals surface area contributed by atoms with Gasteiger partial charge in [0, 0.05) is 18.3 Å². The Morgan fingerprint density at radius 1 is 1.29 bits per heavy atom. The van der Waals surface area contributed by atoms with E-state index in [9.17, 15) is 8.42 Å². The molecule has 1 N–H and O–H groups in total. The van der Waals surface area contributed by atoms with Crippen LogP contribution in [0.5, 0.6) is 0 Å². The molecule has 94 valence electrons. The minimum absolute atomic E-state index is 0.393. The van der Waals surface area contributed by atoms with Crippen molar-refractivity contribution >= 4 is 9.84 Å². The van der Waals surface area contributed by atoms with Crippen molar-refractivity contribution in [3.05, 3.63) is 29.8 Å². The van der Waals surface area contributed by atoms with Crippen LogP contribution in [-0.4, -0.2) is 26.8 Å². The predicted molar refractivity (Wildman–Crippen MR) is 68.9 cm³/mol. The molecule has 1 aliphatic rings. The highest BCUT2D eigenvalue weighted by Gasteiger charge is 2.22. The standard InChI is InChI=1S/C13H19NO2S/c1-10(14-12-5-6-12)9-11-3-7-13(8-4-11)17(2,15)16/h3-4,7-8,10,12,14H,5-6,9H2,1-2H3. The average molecular weight is 253 g/mol. The molecule has 1 aliphatic carbocycles. The summed E-state index contributed by atoms with van der Waals surface area (Å²) in [6.45, 7) is 2.17. The van der Waals surface area contributed by atoms with Crippen molar-refractivity contribution in [2.75, 3.05) is 6.26 Å². The van der Waals surface area contributed by atoms with Crippen LogP contribution in [0.2, 0.25) is 0 Å². The molecule has 0 aliphatic heterocycles. The second-order valence-corrected chi connectivity index (χ2v) is 6.98. The molecule has 0 saturated heterocycles. The van der Waals surface area contributed by atoms with Crippen LogP contribution in [0.1, 0.15) is 25.3 Å². The van der Waals surface area contributed by atoms with Crippen molar-refractivity contribution in [1.29, 1.82) is 0 Å². The number of sulfone groups is 1. The lowest BCUT2D eigenvalue weighted by Gasteiger charge is -2.13. The first kappa shape index (κ1) is 12.6. The first-order chi connectivity index (χ1) is 7.95. The van der Waals surface area contributed by atoms with E-state index in [4.69, 9.17) is 0 Å². The van der Waals surface area contributed by atoms with E-state index < -0.39 is 9.84 Å². The molecule has 1 fully saturated rings. The number of benzene rings is 1. The second kappa shape index (κ2) is 4.78. The Morgan fingerprint density at radius 3 is 2.35 bits per heavy atom. The molecule has 1 aromatic carbocycles. The third-order valence-corrected chi connectivity index (χ3v) is 4.12. The fraction of sp³-hybridized carbons (Fsp3) is 0.538. The van der Waals surface area contributed by atoms with E-state index in [1.807, 2.05) is 12.1 Å². The van der Waals surface area contributed by atoms with E-state index in [0.717, 1.165) is 6.42 Å². The minimum atomic E-state index is -3.07. The number of rotatable bonds is 5. The van der Waals surface area contributed by atoms with Crippen molar-refractivity contribution < 1.29 is 8.42 Å². The first-order valence-corrected chi connectivity index (χ1v) is 7.89. The second-order valence-electron chi connectivity index (χ2n) is 4.96. The highest BCUT2D eigenvalue weighted by Crippen LogP contribution is 2.20. The molecule has 1 unspecified atom stereocenters. The average Bonchev–Trinajstić information content (AvgIpc) is 3.01. The summed E-state index contributed by atoms with van der Waals surface area (Å²) in [6.07, 6.45) is 4.76. The fourth-order valence-corrected chi connectivity index (χ4v) is 2.57. The van der Waals surface area contributed by atoms with Crippen LogP contribution >= 0.6 is 0 Å². The SMILES string of the molecule is CC(Cc1ccc(S(C)(=O)=O)cc1)NC1CC1. The molecule has 3 nitrogen and oxygen atoms in total. The van der Waals surface area contributed by atoms with Crippen LogP contribution in [0.25, 0.3) is 0 Å². The Kier molecular flexibility index (Phi) is 3.54. The van der Waals surface area contributed by atoms with Gasteiger partial charge in [0.2, 0.25) is 0 Å². The van der Waals surface area contributed by atoms with Gasteiger partial charge >= 0.3 is 0 Å². The van der Waals surface area contributed by atoms with Crippen molar-refractivity contribution in [1.82, 2.24) is 5.32 Å². The smallest absolute Gasteiger partial charge is 0.175 e. The van der Waals surface area contributed by atoms with Gasteiger partial charge in [-0.15, -0.1) is 0 Å². The molecule has 2 rings (SSSR count). The zero-order valence-corrected chi connectivity index (χ0v) is 11.1. The molecule has 0 radical (unpaired) electrons. The van der Waals surface area contributed by atoms with E-state index in [1.54, 1.807) is 12.1 Å². The topological polar surface area (TPSA) is 46.2 Å². The fourth-order valence-electron chi connectivity index (χ4n) is 1.94. The van der Waals surface area contributed by atoms with E-state index in [2.05, 4.69) is 12.2 Å². The molecule has 1 atom stereocenters. The molecule has 0 heterocycles. The zero-order valence-electron chi connectivity index (χ0n) is 10.3. The number of hydrogen-bond acceptors (Lipinski definition) is 3. The predicted octanol–water partition coefficient (Wildman–Crippen LogP) is 1.77. The maximum atomic E-state index is 11.3. The molecular weight excluding hydrogens is 234 g/mol. The maximum Gasteiger partial charge on any atom is 0.175 e. The van der Waals surface area contributed by atoms with Gasteiger partial charge in [-0.1, -0.05) is 12.1 Å². The summed E-state index contributed by atoms with van der Waals surface area (Å²) in [4.78, 5) is 0.393. The van der Waals surface area contributed by atoms with Crippen LogP contribution in [0, 0.1) is 0 Å². The Hall–Kier alpha value is -0.870. The first-order valence-electron chi connectivity index (χ1n) is 6.00. The van der Waals surface area contributed by atoms with E-state index in [-0.39, 0.29) is 0 Å². The monoisotopic (exact) mass is 253 g/mol. The minimum Gasteiger partial charge on any atom is -0.311 e. The summed E-state index contributed by atoms with van der Waals surface area (Å²) in [5, 5.41) is 3.53. The summed E-state index contributed by atoms with van der Waals surface area (Å²) in [5.41, 5.74) is 1.18. The van der Waals surface area contributed by atoms with Gasteiger partial charge in [0.05, 0.1) is 4.90 Å². The van der Waals surface area contributed by atoms with Gasteiger partial charge < -0.3 is 5.32 Å². The molecule has 0 bridgehead atoms. The van der Waals surface area contributed by atoms with Crippen molar-refractivity contribution in [3.8, 4) is 0 Å². The maximum absolute atomic E-state index is 11.3. The quantitative estimate of drug-likeness (QED) is 0.870. The lowest BCUT2D eigenvalue weighted by molar-refractivity contribution is 0.542. The highest BCUT2D eigenvalue weighted by molar-refractivity contribution is 7.90. The Bertz CT molecular complexity index is 475. The van der Waals surface area contributed by atoms with Gasteiger partial charge in [-0.2, -0.15) is 0 Å². The van der Waals surface area contributed by atoms with Gasteiger partial charge in [0.1, 0.15) is 0 Å². The van der Waals surface area contributed by atoms with E-state index >= 15 is 0 Å². The Balaban J connectivity index is 1.97. The van der Waals surface area contributed by atoms with E-state index in [1.165, 1.54) is 24.7 Å². The van der Waals surface area contributed by atoms with Gasteiger partial charge in [0.15, 0.2) is 9.84 Å². The summed E-state index contributed by atoms with van der Waals surface area (Å²) in [6, 6.07) is 8.35. The lowest BCUT2D eigenvalue weighted by Crippen LogP contribution is -2.29. The highest BCUT2D eigenvalue weighted by atomic mass is 32.2. The lowest BCUT2D eigenvalue weighted by atomic mass is 10.1. The van der Waals surface area contributed by atoms with Crippen molar-refractivity contribution in [3.63, 3.8) is 0 Å². The summed E-state index contributed by atoms with van der Waals surface area (Å²) in [5.74, 6) is 0. The van der Waals surface area contributed by atoms with Gasteiger partial charge in [-0.25, -0.2) is 8.42 Å². The third kappa shape index (κ3) is 3.82. The van der Waals surface area contributed by atoms with E-state index in [0.29, 0.717) is 17.0 Å². The molecule has 4 heteroatoms. The Morgan fingerprint density at radius 2 is 1.88 bits per heavy atom. The van der Waals surface area contributed by atoms with Gasteiger partial charge in [0.25, 0.3) is 0 Å². The summed E-state index contributed by atoms with van der Waals surface area (Å²) >= 11 is 0. The van der Waals surface area contributed by atoms with Gasteiger partial charge in [-0.05, 0) is 43.9 Å². The van der Waals surface area contributed by atoms with Crippen molar-refractivity contribution in [2.45, 2.75) is 43.2 Å². The van der Waals surface area contributed by atoms with Crippen molar-refractivity contribution in [2.24, 2.45) is 0 Å². The molecule has 1 aromatic rings. The van der Waals surface area contributed by atoms with Crippen LogP contribution in [0.15, 0.2) is 29.2 Å². The molecule has 0 spiro atoms. The van der Waals surface area contributed by atoms with Crippen LogP contribution < -0.4 is 5.32 Å². The number of hydrogen-bond donors (Lipinski definition) is 1. The molecular formula is C13H19NO2S. The molecule has 0 aromatic heterocycles. The van der Waals surface area contributed by atoms with Gasteiger partial charge in [-0.3, -0.25) is 0 Å². The largest absolute Gasteiger partial charge is 0.311 e. The van der Waals surface area contributed by atoms with Crippen LogP contribution in [0.4, 0.5) is 0 Å². The summed E-state index contributed by atoms with van der Waals surface area (Å²) in [7, 11) is -3.07. The molecule has 0 amide bonds.